The molecule has 2 heterocycles. The van der Waals surface area contributed by atoms with E-state index < -0.39 is 0 Å². The molecule has 1 aliphatic heterocycles. The molecule has 0 radical (unpaired) electrons. The van der Waals surface area contributed by atoms with Gasteiger partial charge in [-0.3, -0.25) is 5.10 Å². The van der Waals surface area contributed by atoms with E-state index in [1.807, 2.05) is 54.6 Å². The molecule has 114 valence electrons. The third-order valence-corrected chi connectivity index (χ3v) is 3.94. The predicted molar refractivity (Wildman–Crippen MR) is 89.1 cm³/mol. The smallest absolute Gasteiger partial charge is 0.144 e. The lowest BCUT2D eigenvalue weighted by molar-refractivity contribution is 0.232. The summed E-state index contributed by atoms with van der Waals surface area (Å²) >= 11 is 0. The summed E-state index contributed by atoms with van der Waals surface area (Å²) in [6, 6.07) is 17.3. The summed E-state index contributed by atoms with van der Waals surface area (Å²) in [7, 11) is 0. The van der Waals surface area contributed by atoms with Crippen LogP contribution in [-0.2, 0) is 6.42 Å². The summed E-state index contributed by atoms with van der Waals surface area (Å²) < 4.78 is 5.89. The Kier molecular flexibility index (Phi) is 3.35. The van der Waals surface area contributed by atoms with Crippen LogP contribution in [-0.4, -0.2) is 15.3 Å². The van der Waals surface area contributed by atoms with Crippen LogP contribution in [0.15, 0.2) is 54.6 Å². The van der Waals surface area contributed by atoms with E-state index in [1.54, 1.807) is 12.1 Å². The van der Waals surface area contributed by atoms with Gasteiger partial charge in [0, 0.05) is 12.5 Å². The molecule has 1 unspecified atom stereocenters. The molecule has 0 spiro atoms. The van der Waals surface area contributed by atoms with Gasteiger partial charge >= 0.3 is 0 Å². The molecule has 0 saturated carbocycles. The molecule has 4 heteroatoms. The Balaban J connectivity index is 1.50. The number of aromatic nitrogens is 2. The van der Waals surface area contributed by atoms with Crippen molar-refractivity contribution in [1.82, 2.24) is 10.2 Å². The molecule has 0 aliphatic carbocycles. The zero-order valence-corrected chi connectivity index (χ0v) is 12.4. The van der Waals surface area contributed by atoms with Crippen LogP contribution in [0.1, 0.15) is 28.6 Å². The first kappa shape index (κ1) is 13.6. The second kappa shape index (κ2) is 5.65. The van der Waals surface area contributed by atoms with Crippen LogP contribution >= 0.6 is 0 Å². The van der Waals surface area contributed by atoms with Crippen LogP contribution in [0.5, 0.6) is 11.5 Å². The lowest BCUT2D eigenvalue weighted by atomic mass is 10.1. The maximum absolute atomic E-state index is 9.53. The summed E-state index contributed by atoms with van der Waals surface area (Å²) in [5.74, 6) is 0.964. The lowest BCUT2D eigenvalue weighted by Crippen LogP contribution is -2.03. The number of aromatic amines is 1. The van der Waals surface area contributed by atoms with Crippen LogP contribution in [0, 0.1) is 0 Å². The number of rotatable bonds is 3. The Hall–Kier alpha value is -3.01. The Labute approximate surface area is 134 Å². The van der Waals surface area contributed by atoms with E-state index in [1.165, 1.54) is 0 Å². The minimum absolute atomic E-state index is 0.0850. The first-order chi connectivity index (χ1) is 11.3. The fraction of sp³-hybridized carbons (Fsp3) is 0.105. The van der Waals surface area contributed by atoms with Crippen LogP contribution in [0.25, 0.3) is 12.2 Å². The molecule has 1 aromatic heterocycles. The number of nitrogens with one attached hydrogen (secondary N) is 1. The van der Waals surface area contributed by atoms with Crippen molar-refractivity contribution in [1.29, 1.82) is 0 Å². The number of nitrogens with zero attached hydrogens (tertiary/aromatic N) is 1. The lowest BCUT2D eigenvalue weighted by Gasteiger charge is -2.07. The van der Waals surface area contributed by atoms with Gasteiger partial charge in [-0.15, -0.1) is 0 Å². The number of phenols is 1. The van der Waals surface area contributed by atoms with Gasteiger partial charge in [0.25, 0.3) is 0 Å². The molecule has 3 aromatic rings. The minimum atomic E-state index is -0.0850. The topological polar surface area (TPSA) is 58.1 Å². The first-order valence-electron chi connectivity index (χ1n) is 7.55. The van der Waals surface area contributed by atoms with Gasteiger partial charge in [0.05, 0.1) is 11.4 Å². The highest BCUT2D eigenvalue weighted by Gasteiger charge is 2.26. The SMILES string of the molecule is Oc1ccc2c(c1)OC(c1cc(/C=C/c3ccccc3)n[nH]1)C2. The maximum atomic E-state index is 9.53. The third-order valence-electron chi connectivity index (χ3n) is 3.94. The van der Waals surface area contributed by atoms with Crippen molar-refractivity contribution in [3.63, 3.8) is 0 Å². The highest BCUT2D eigenvalue weighted by molar-refractivity contribution is 5.68. The molecule has 4 nitrogen and oxygen atoms in total. The zero-order valence-electron chi connectivity index (χ0n) is 12.4. The van der Waals surface area contributed by atoms with Gasteiger partial charge in [0.1, 0.15) is 17.6 Å². The van der Waals surface area contributed by atoms with E-state index in [0.29, 0.717) is 0 Å². The molecule has 0 fully saturated rings. The standard InChI is InChI=1S/C19H16N2O2/c22-16-9-7-14-10-19(23-18(14)12-16)17-11-15(20-21-17)8-6-13-4-2-1-3-5-13/h1-9,11-12,19,22H,10H2,(H,20,21)/b8-6+. The fourth-order valence-electron chi connectivity index (χ4n) is 2.74. The summed E-state index contributed by atoms with van der Waals surface area (Å²) in [5, 5.41) is 16.9. The van der Waals surface area contributed by atoms with Crippen molar-refractivity contribution in [3.05, 3.63) is 77.1 Å². The van der Waals surface area contributed by atoms with Crippen LogP contribution < -0.4 is 4.74 Å². The number of benzene rings is 2. The highest BCUT2D eigenvalue weighted by Crippen LogP contribution is 2.38. The van der Waals surface area contributed by atoms with Gasteiger partial charge in [0.2, 0.25) is 0 Å². The molecule has 1 aliphatic rings. The van der Waals surface area contributed by atoms with E-state index in [0.717, 1.165) is 34.7 Å². The zero-order chi connectivity index (χ0) is 15.6. The number of hydrogen-bond donors (Lipinski definition) is 2. The number of hydrogen-bond acceptors (Lipinski definition) is 3. The molecular weight excluding hydrogens is 288 g/mol. The molecule has 2 aromatic carbocycles. The monoisotopic (exact) mass is 304 g/mol. The number of ether oxygens (including phenoxy) is 1. The van der Waals surface area contributed by atoms with Gasteiger partial charge in [-0.1, -0.05) is 42.5 Å². The molecule has 0 amide bonds. The number of H-pyrrole nitrogens is 1. The Bertz CT molecular complexity index is 853. The van der Waals surface area contributed by atoms with E-state index >= 15 is 0 Å². The van der Waals surface area contributed by atoms with Gasteiger partial charge in [-0.2, -0.15) is 5.10 Å². The van der Waals surface area contributed by atoms with E-state index in [-0.39, 0.29) is 11.9 Å². The fourth-order valence-corrected chi connectivity index (χ4v) is 2.74. The van der Waals surface area contributed by atoms with E-state index in [9.17, 15) is 5.11 Å². The second-order valence-electron chi connectivity index (χ2n) is 5.59. The number of aromatic hydroxyl groups is 1. The second-order valence-corrected chi connectivity index (χ2v) is 5.59. The summed E-state index contributed by atoms with van der Waals surface area (Å²) in [6.45, 7) is 0. The van der Waals surface area contributed by atoms with E-state index in [4.69, 9.17) is 4.74 Å². The molecule has 0 saturated heterocycles. The van der Waals surface area contributed by atoms with Gasteiger partial charge in [-0.05, 0) is 29.3 Å². The molecule has 1 atom stereocenters. The molecule has 4 rings (SSSR count). The largest absolute Gasteiger partial charge is 0.508 e. The third kappa shape index (κ3) is 2.83. The van der Waals surface area contributed by atoms with Gasteiger partial charge in [-0.25, -0.2) is 0 Å². The Morgan fingerprint density at radius 3 is 2.83 bits per heavy atom. The Morgan fingerprint density at radius 1 is 1.09 bits per heavy atom. The van der Waals surface area contributed by atoms with Crippen LogP contribution in [0.2, 0.25) is 0 Å². The maximum Gasteiger partial charge on any atom is 0.144 e. The molecular formula is C19H16N2O2. The summed E-state index contributed by atoms with van der Waals surface area (Å²) in [5.41, 5.74) is 4.04. The van der Waals surface area contributed by atoms with E-state index in [2.05, 4.69) is 10.2 Å². The van der Waals surface area contributed by atoms with Crippen molar-refractivity contribution in [2.45, 2.75) is 12.5 Å². The number of fused-ring (bicyclic) bond motifs is 1. The number of phenolic OH excluding ortho intramolecular Hbond substituents is 1. The van der Waals surface area contributed by atoms with Crippen LogP contribution in [0.4, 0.5) is 0 Å². The quantitative estimate of drug-likeness (QED) is 0.770. The van der Waals surface area contributed by atoms with Crippen molar-refractivity contribution in [2.75, 3.05) is 0 Å². The van der Waals surface area contributed by atoms with Crippen molar-refractivity contribution >= 4 is 12.2 Å². The summed E-state index contributed by atoms with van der Waals surface area (Å²) in [4.78, 5) is 0. The average Bonchev–Trinajstić information content (AvgIpc) is 3.20. The molecule has 0 bridgehead atoms. The summed E-state index contributed by atoms with van der Waals surface area (Å²) in [6.07, 6.45) is 4.70. The van der Waals surface area contributed by atoms with Crippen molar-refractivity contribution in [2.24, 2.45) is 0 Å². The van der Waals surface area contributed by atoms with Gasteiger partial charge < -0.3 is 9.84 Å². The minimum Gasteiger partial charge on any atom is -0.508 e. The predicted octanol–water partition coefficient (Wildman–Crippen LogP) is 3.96. The van der Waals surface area contributed by atoms with Crippen molar-refractivity contribution < 1.29 is 9.84 Å². The van der Waals surface area contributed by atoms with Crippen LogP contribution in [0.3, 0.4) is 0 Å². The first-order valence-corrected chi connectivity index (χ1v) is 7.55. The highest BCUT2D eigenvalue weighted by atomic mass is 16.5. The normalized spacial score (nSPS) is 16.4. The molecule has 2 N–H and O–H groups in total. The van der Waals surface area contributed by atoms with Gasteiger partial charge in [0.15, 0.2) is 0 Å². The molecule has 23 heavy (non-hydrogen) atoms. The van der Waals surface area contributed by atoms with Crippen molar-refractivity contribution in [3.8, 4) is 11.5 Å². The Morgan fingerprint density at radius 2 is 1.96 bits per heavy atom. The average molecular weight is 304 g/mol.